The molecular formula is C36H55NO5. The van der Waals surface area contributed by atoms with Gasteiger partial charge in [-0.2, -0.15) is 0 Å². The second-order valence-corrected chi connectivity index (χ2v) is 16.1. The van der Waals surface area contributed by atoms with Crippen LogP contribution in [-0.2, 0) is 9.47 Å². The van der Waals surface area contributed by atoms with Crippen LogP contribution < -0.4 is 0 Å². The highest BCUT2D eigenvalue weighted by Gasteiger charge is 2.58. The lowest BCUT2D eigenvalue weighted by Gasteiger charge is -2.54. The number of pyridine rings is 1. The molecular weight excluding hydrogens is 526 g/mol. The van der Waals surface area contributed by atoms with Crippen molar-refractivity contribution in [1.82, 2.24) is 4.98 Å². The summed E-state index contributed by atoms with van der Waals surface area (Å²) in [6, 6.07) is 3.36. The Bertz CT molecular complexity index is 1170. The fourth-order valence-electron chi connectivity index (χ4n) is 9.96. The standard InChI is InChI=1S/C36H55NO5/c1-23-9-10-27-26(13-19-35(27,7)39)32(2,3)25(23)11-12-28-34(6)18-14-29(41-31(38)24-16-21-37-22-17-24)33(4,5)42-30(34)15-20-36(28,8)40/h9,16-17,21-22,25-30,39-40H,10-15,18-20H2,1-8H3/t25-,26+,27+,28+,29+,30+,34+,35+,36-/m1/s1. The SMILES string of the molecule is CC1=CC[C@H]2[C@H](CC[C@]2(C)O)C(C)(C)[C@@H]1CC[C@H]1[C@]2(C)CC[C@H](OC(=O)c3ccncc3)C(C)(C)O[C@H]2CC[C@@]1(C)O. The molecule has 0 unspecified atom stereocenters. The van der Waals surface area contributed by atoms with Crippen LogP contribution in [0.5, 0.6) is 0 Å². The van der Waals surface area contributed by atoms with Crippen LogP contribution in [0.1, 0.15) is 124 Å². The first-order valence-electron chi connectivity index (χ1n) is 16.4. The third-order valence-corrected chi connectivity index (χ3v) is 12.6. The minimum atomic E-state index is -0.793. The summed E-state index contributed by atoms with van der Waals surface area (Å²) < 4.78 is 13.0. The minimum Gasteiger partial charge on any atom is -0.456 e. The van der Waals surface area contributed by atoms with E-state index >= 15 is 0 Å². The van der Waals surface area contributed by atoms with Gasteiger partial charge in [-0.3, -0.25) is 4.98 Å². The average Bonchev–Trinajstić information content (AvgIpc) is 3.13. The monoisotopic (exact) mass is 581 g/mol. The van der Waals surface area contributed by atoms with Gasteiger partial charge in [0.1, 0.15) is 6.10 Å². The molecule has 0 amide bonds. The van der Waals surface area contributed by atoms with Gasteiger partial charge in [0.15, 0.2) is 0 Å². The number of hydrogen-bond acceptors (Lipinski definition) is 6. The molecule has 0 aromatic carbocycles. The van der Waals surface area contributed by atoms with E-state index in [-0.39, 0.29) is 34.9 Å². The maximum Gasteiger partial charge on any atom is 0.338 e. The van der Waals surface area contributed by atoms with Gasteiger partial charge in [-0.15, -0.1) is 0 Å². The molecule has 9 atom stereocenters. The molecule has 6 nitrogen and oxygen atoms in total. The second kappa shape index (κ2) is 11.0. The van der Waals surface area contributed by atoms with Crippen LogP contribution in [0, 0.1) is 34.5 Å². The zero-order valence-electron chi connectivity index (χ0n) is 27.3. The van der Waals surface area contributed by atoms with E-state index < -0.39 is 16.8 Å². The van der Waals surface area contributed by atoms with Gasteiger partial charge >= 0.3 is 5.97 Å². The zero-order valence-corrected chi connectivity index (χ0v) is 27.3. The van der Waals surface area contributed by atoms with E-state index in [1.54, 1.807) is 24.5 Å². The highest BCUT2D eigenvalue weighted by Crippen LogP contribution is 2.59. The molecule has 3 fully saturated rings. The molecule has 2 saturated carbocycles. The molecule has 42 heavy (non-hydrogen) atoms. The summed E-state index contributed by atoms with van der Waals surface area (Å²) in [6.07, 6.45) is 13.0. The summed E-state index contributed by atoms with van der Waals surface area (Å²) in [5.41, 5.74) is -0.281. The van der Waals surface area contributed by atoms with Gasteiger partial charge in [-0.1, -0.05) is 32.4 Å². The van der Waals surface area contributed by atoms with E-state index in [9.17, 15) is 15.0 Å². The minimum absolute atomic E-state index is 0.0181. The molecule has 0 spiro atoms. The van der Waals surface area contributed by atoms with Crippen LogP contribution in [0.15, 0.2) is 36.2 Å². The number of fused-ring (bicyclic) bond motifs is 2. The lowest BCUT2D eigenvalue weighted by Crippen LogP contribution is -2.56. The molecule has 1 aromatic heterocycles. The number of ether oxygens (including phenoxy) is 2. The number of allylic oxidation sites excluding steroid dienone is 2. The molecule has 0 radical (unpaired) electrons. The molecule has 5 rings (SSSR count). The van der Waals surface area contributed by atoms with E-state index in [1.165, 1.54) is 5.57 Å². The number of nitrogens with zero attached hydrogens (tertiary/aromatic N) is 1. The Hall–Kier alpha value is -1.76. The van der Waals surface area contributed by atoms with E-state index in [4.69, 9.17) is 9.47 Å². The van der Waals surface area contributed by atoms with Gasteiger partial charge in [-0.25, -0.2) is 4.79 Å². The van der Waals surface area contributed by atoms with E-state index in [0.717, 1.165) is 44.9 Å². The molecule has 0 bridgehead atoms. The maximum absolute atomic E-state index is 13.0. The predicted molar refractivity (Wildman–Crippen MR) is 165 cm³/mol. The molecule has 2 N–H and O–H groups in total. The second-order valence-electron chi connectivity index (χ2n) is 16.1. The van der Waals surface area contributed by atoms with Crippen LogP contribution in [0.25, 0.3) is 0 Å². The van der Waals surface area contributed by atoms with Crippen molar-refractivity contribution in [2.75, 3.05) is 0 Å². The van der Waals surface area contributed by atoms with Gasteiger partial charge in [0.25, 0.3) is 0 Å². The molecule has 6 heteroatoms. The van der Waals surface area contributed by atoms with Crippen LogP contribution in [0.3, 0.4) is 0 Å². The average molecular weight is 582 g/mol. The molecule has 234 valence electrons. The zero-order chi connectivity index (χ0) is 30.7. The van der Waals surface area contributed by atoms with Gasteiger partial charge < -0.3 is 19.7 Å². The fourth-order valence-corrected chi connectivity index (χ4v) is 9.96. The first kappa shape index (κ1) is 31.7. The molecule has 4 aliphatic rings. The maximum atomic E-state index is 13.0. The van der Waals surface area contributed by atoms with Crippen molar-refractivity contribution in [2.45, 2.75) is 142 Å². The van der Waals surface area contributed by atoms with Crippen LogP contribution in [-0.4, -0.2) is 50.2 Å². The van der Waals surface area contributed by atoms with Crippen molar-refractivity contribution in [3.8, 4) is 0 Å². The Morgan fingerprint density at radius 3 is 2.29 bits per heavy atom. The number of rotatable bonds is 5. The fraction of sp³-hybridized carbons (Fsp3) is 0.778. The first-order chi connectivity index (χ1) is 19.5. The topological polar surface area (TPSA) is 88.9 Å². The van der Waals surface area contributed by atoms with E-state index in [1.807, 2.05) is 27.7 Å². The summed E-state index contributed by atoms with van der Waals surface area (Å²) in [6.45, 7) is 17.6. The molecule has 3 aliphatic carbocycles. The summed E-state index contributed by atoms with van der Waals surface area (Å²) in [4.78, 5) is 17.0. The quantitative estimate of drug-likeness (QED) is 0.281. The van der Waals surface area contributed by atoms with Gasteiger partial charge in [0.2, 0.25) is 0 Å². The number of aromatic nitrogens is 1. The van der Waals surface area contributed by atoms with Crippen molar-refractivity contribution < 1.29 is 24.5 Å². The molecule has 1 aromatic rings. The van der Waals surface area contributed by atoms with E-state index in [0.29, 0.717) is 36.2 Å². The third-order valence-electron chi connectivity index (χ3n) is 12.6. The largest absolute Gasteiger partial charge is 0.456 e. The Morgan fingerprint density at radius 2 is 1.60 bits per heavy atom. The summed E-state index contributed by atoms with van der Waals surface area (Å²) in [5.74, 6) is 0.900. The van der Waals surface area contributed by atoms with E-state index in [2.05, 4.69) is 38.8 Å². The van der Waals surface area contributed by atoms with Crippen molar-refractivity contribution in [3.63, 3.8) is 0 Å². The van der Waals surface area contributed by atoms with Crippen molar-refractivity contribution >= 4 is 5.97 Å². The van der Waals surface area contributed by atoms with Crippen molar-refractivity contribution in [1.29, 1.82) is 0 Å². The van der Waals surface area contributed by atoms with Crippen molar-refractivity contribution in [2.24, 2.45) is 34.5 Å². The number of carbonyl (C=O) groups is 1. The lowest BCUT2D eigenvalue weighted by atomic mass is 9.55. The number of esters is 1. The summed E-state index contributed by atoms with van der Waals surface area (Å²) in [7, 11) is 0. The summed E-state index contributed by atoms with van der Waals surface area (Å²) >= 11 is 0. The Balaban J connectivity index is 1.37. The number of carbonyl (C=O) groups excluding carboxylic acids is 1. The summed E-state index contributed by atoms with van der Waals surface area (Å²) in [5, 5.41) is 23.1. The Labute approximate surface area is 253 Å². The molecule has 1 aliphatic heterocycles. The highest BCUT2D eigenvalue weighted by atomic mass is 16.6. The Kier molecular flexibility index (Phi) is 8.29. The van der Waals surface area contributed by atoms with Crippen molar-refractivity contribution in [3.05, 3.63) is 41.7 Å². The third kappa shape index (κ3) is 5.61. The smallest absolute Gasteiger partial charge is 0.338 e. The van der Waals surface area contributed by atoms with Crippen LogP contribution in [0.4, 0.5) is 0 Å². The number of hydrogen-bond donors (Lipinski definition) is 2. The highest BCUT2D eigenvalue weighted by molar-refractivity contribution is 5.89. The lowest BCUT2D eigenvalue weighted by molar-refractivity contribution is -0.206. The normalized spacial score (nSPS) is 42.9. The van der Waals surface area contributed by atoms with Crippen LogP contribution >= 0.6 is 0 Å². The van der Waals surface area contributed by atoms with Crippen LogP contribution in [0.2, 0.25) is 0 Å². The van der Waals surface area contributed by atoms with Gasteiger partial charge in [0, 0.05) is 12.4 Å². The predicted octanol–water partition coefficient (Wildman–Crippen LogP) is 7.28. The van der Waals surface area contributed by atoms with Gasteiger partial charge in [0.05, 0.1) is 28.5 Å². The molecule has 1 saturated heterocycles. The first-order valence-corrected chi connectivity index (χ1v) is 16.4. The Morgan fingerprint density at radius 1 is 0.929 bits per heavy atom. The van der Waals surface area contributed by atoms with Gasteiger partial charge in [-0.05, 0) is 139 Å². The molecule has 2 heterocycles. The number of aliphatic hydroxyl groups is 2.